The van der Waals surface area contributed by atoms with Gasteiger partial charge in [-0.25, -0.2) is 9.48 Å². The number of tetrazole rings is 1. The normalized spacial score (nSPS) is 10.3. The molecule has 0 saturated carbocycles. The molecule has 3 amide bonds. The van der Waals surface area contributed by atoms with Crippen LogP contribution in [0.25, 0.3) is 0 Å². The van der Waals surface area contributed by atoms with Crippen LogP contribution < -0.4 is 10.6 Å². The predicted octanol–water partition coefficient (Wildman–Crippen LogP) is 0.252. The molecular weight excluding hydrogens is 296 g/mol. The largest absolute Gasteiger partial charge is 0.467 e. The Bertz CT molecular complexity index is 597. The fourth-order valence-corrected chi connectivity index (χ4v) is 2.12. The average molecular weight is 310 g/mol. The Morgan fingerprint density at radius 3 is 3.05 bits per heavy atom. The second-order valence-corrected chi connectivity index (χ2v) is 4.84. The van der Waals surface area contributed by atoms with Gasteiger partial charge in [-0.05, 0) is 29.5 Å². The van der Waals surface area contributed by atoms with Gasteiger partial charge < -0.3 is 9.73 Å². The molecule has 10 heteroatoms. The van der Waals surface area contributed by atoms with Crippen LogP contribution in [0.5, 0.6) is 0 Å². The van der Waals surface area contributed by atoms with Gasteiger partial charge >= 0.3 is 6.03 Å². The van der Waals surface area contributed by atoms with Crippen LogP contribution in [0.15, 0.2) is 28.0 Å². The summed E-state index contributed by atoms with van der Waals surface area (Å²) in [5.74, 6) is 0.324. The minimum atomic E-state index is -0.515. The molecule has 0 aliphatic heterocycles. The van der Waals surface area contributed by atoms with E-state index in [0.29, 0.717) is 24.0 Å². The highest BCUT2D eigenvalue weighted by molar-refractivity contribution is 7.99. The number of hydrogen-bond donors (Lipinski definition) is 2. The molecule has 0 spiro atoms. The zero-order chi connectivity index (χ0) is 15.1. The molecule has 2 aromatic heterocycles. The molecule has 0 radical (unpaired) electrons. The molecule has 2 rings (SSSR count). The van der Waals surface area contributed by atoms with Crippen LogP contribution in [0.2, 0.25) is 0 Å². The summed E-state index contributed by atoms with van der Waals surface area (Å²) in [6.45, 7) is 2.59. The highest BCUT2D eigenvalue weighted by Gasteiger charge is 2.12. The average Bonchev–Trinajstić information content (AvgIpc) is 3.09. The van der Waals surface area contributed by atoms with E-state index in [9.17, 15) is 9.59 Å². The zero-order valence-corrected chi connectivity index (χ0v) is 12.1. The smallest absolute Gasteiger partial charge is 0.321 e. The van der Waals surface area contributed by atoms with Crippen molar-refractivity contribution in [1.82, 2.24) is 30.8 Å². The summed E-state index contributed by atoms with van der Waals surface area (Å²) in [4.78, 5) is 22.7. The fraction of sp³-hybridized carbons (Fsp3) is 0.364. The van der Waals surface area contributed by atoms with Gasteiger partial charge in [-0.3, -0.25) is 10.1 Å². The second-order valence-electron chi connectivity index (χ2n) is 3.89. The minimum Gasteiger partial charge on any atom is -0.467 e. The predicted molar refractivity (Wildman–Crippen MR) is 73.6 cm³/mol. The van der Waals surface area contributed by atoms with Crippen LogP contribution in [-0.4, -0.2) is 44.4 Å². The maximum Gasteiger partial charge on any atom is 0.321 e. The Kier molecular flexibility index (Phi) is 5.32. The summed E-state index contributed by atoms with van der Waals surface area (Å²) in [5, 5.41) is 16.4. The summed E-state index contributed by atoms with van der Waals surface area (Å²) < 4.78 is 6.73. The maximum atomic E-state index is 11.6. The summed E-state index contributed by atoms with van der Waals surface area (Å²) in [5.41, 5.74) is 0. The number of carbonyl (C=O) groups excluding carboxylic acids is 2. The van der Waals surface area contributed by atoms with Gasteiger partial charge in [-0.2, -0.15) is 0 Å². The molecule has 0 bridgehead atoms. The maximum absolute atomic E-state index is 11.6. The third-order valence-electron chi connectivity index (χ3n) is 2.31. The molecule has 0 atom stereocenters. The summed E-state index contributed by atoms with van der Waals surface area (Å²) in [7, 11) is 0. The van der Waals surface area contributed by atoms with E-state index in [1.807, 2.05) is 0 Å². The van der Waals surface area contributed by atoms with E-state index < -0.39 is 11.9 Å². The van der Waals surface area contributed by atoms with Crippen molar-refractivity contribution in [2.24, 2.45) is 0 Å². The molecule has 21 heavy (non-hydrogen) atoms. The van der Waals surface area contributed by atoms with Crippen LogP contribution >= 0.6 is 11.8 Å². The molecular formula is C11H14N6O3S. The lowest BCUT2D eigenvalue weighted by Crippen LogP contribution is -2.40. The Labute approximate surface area is 124 Å². The first-order valence-corrected chi connectivity index (χ1v) is 7.16. The van der Waals surface area contributed by atoms with Gasteiger partial charge in [-0.15, -0.1) is 5.10 Å². The van der Waals surface area contributed by atoms with Gasteiger partial charge in [0.2, 0.25) is 11.1 Å². The van der Waals surface area contributed by atoms with E-state index in [4.69, 9.17) is 4.42 Å². The molecule has 0 aliphatic carbocycles. The van der Waals surface area contributed by atoms with Crippen molar-refractivity contribution in [3.05, 3.63) is 24.2 Å². The second kappa shape index (κ2) is 7.43. The number of hydrogen-bond acceptors (Lipinski definition) is 7. The van der Waals surface area contributed by atoms with Crippen molar-refractivity contribution in [2.45, 2.75) is 18.6 Å². The number of carbonyl (C=O) groups is 2. The molecule has 0 aromatic carbocycles. The Morgan fingerprint density at radius 2 is 2.33 bits per heavy atom. The summed E-state index contributed by atoms with van der Waals surface area (Å²) in [6, 6.07) is 3.06. The van der Waals surface area contributed by atoms with Gasteiger partial charge in [0, 0.05) is 6.54 Å². The van der Waals surface area contributed by atoms with Gasteiger partial charge in [-0.1, -0.05) is 11.8 Å². The number of urea groups is 1. The van der Waals surface area contributed by atoms with Gasteiger partial charge in [0.25, 0.3) is 0 Å². The van der Waals surface area contributed by atoms with Crippen molar-refractivity contribution in [3.63, 3.8) is 0 Å². The van der Waals surface area contributed by atoms with Crippen LogP contribution in [0.1, 0.15) is 12.7 Å². The van der Waals surface area contributed by atoms with Crippen molar-refractivity contribution >= 4 is 23.7 Å². The Morgan fingerprint density at radius 1 is 1.48 bits per heavy atom. The van der Waals surface area contributed by atoms with Crippen LogP contribution in [0, 0.1) is 0 Å². The van der Waals surface area contributed by atoms with Crippen LogP contribution in [-0.2, 0) is 11.3 Å². The Balaban J connectivity index is 1.85. The lowest BCUT2D eigenvalue weighted by Gasteiger charge is -2.04. The zero-order valence-electron chi connectivity index (χ0n) is 11.3. The van der Waals surface area contributed by atoms with Crippen molar-refractivity contribution < 1.29 is 14.0 Å². The first-order valence-electron chi connectivity index (χ1n) is 6.18. The topological polar surface area (TPSA) is 115 Å². The number of imide groups is 1. The molecule has 112 valence electrons. The SMILES string of the molecule is CCNC(=O)NC(=O)CSc1nnnn1Cc1ccco1. The first-order chi connectivity index (χ1) is 10.2. The van der Waals surface area contributed by atoms with Crippen molar-refractivity contribution in [2.75, 3.05) is 12.3 Å². The molecule has 2 N–H and O–H groups in total. The molecule has 9 nitrogen and oxygen atoms in total. The van der Waals surface area contributed by atoms with Gasteiger partial charge in [0.15, 0.2) is 0 Å². The van der Waals surface area contributed by atoms with E-state index in [-0.39, 0.29) is 5.75 Å². The van der Waals surface area contributed by atoms with E-state index in [0.717, 1.165) is 11.8 Å². The number of amides is 3. The van der Waals surface area contributed by atoms with Gasteiger partial charge in [0.1, 0.15) is 12.3 Å². The minimum absolute atomic E-state index is 0.0374. The number of furan rings is 1. The Hall–Kier alpha value is -2.36. The third kappa shape index (κ3) is 4.60. The molecule has 0 saturated heterocycles. The lowest BCUT2D eigenvalue weighted by atomic mass is 10.4. The third-order valence-corrected chi connectivity index (χ3v) is 3.26. The summed E-state index contributed by atoms with van der Waals surface area (Å²) in [6.07, 6.45) is 1.56. The van der Waals surface area contributed by atoms with E-state index in [1.54, 1.807) is 25.3 Å². The molecule has 0 aliphatic rings. The van der Waals surface area contributed by atoms with Gasteiger partial charge in [0.05, 0.1) is 12.0 Å². The number of nitrogens with zero attached hydrogens (tertiary/aromatic N) is 4. The first kappa shape index (κ1) is 15.0. The van der Waals surface area contributed by atoms with E-state index >= 15 is 0 Å². The fourth-order valence-electron chi connectivity index (χ4n) is 1.45. The molecule has 2 heterocycles. The molecule has 0 fully saturated rings. The number of aromatic nitrogens is 4. The van der Waals surface area contributed by atoms with Crippen molar-refractivity contribution in [3.8, 4) is 0 Å². The standard InChI is InChI=1S/C11H14N6O3S/c1-2-12-10(19)13-9(18)7-21-11-14-15-16-17(11)6-8-4-3-5-20-8/h3-5H,2,6-7H2,1H3,(H2,12,13,18,19). The molecule has 2 aromatic rings. The number of thioether (sulfide) groups is 1. The van der Waals surface area contributed by atoms with Crippen molar-refractivity contribution in [1.29, 1.82) is 0 Å². The monoisotopic (exact) mass is 310 g/mol. The number of nitrogens with one attached hydrogen (secondary N) is 2. The number of rotatable bonds is 6. The highest BCUT2D eigenvalue weighted by Crippen LogP contribution is 2.14. The van der Waals surface area contributed by atoms with Crippen LogP contribution in [0.4, 0.5) is 4.79 Å². The van der Waals surface area contributed by atoms with E-state index in [2.05, 4.69) is 26.2 Å². The highest BCUT2D eigenvalue weighted by atomic mass is 32.2. The quantitative estimate of drug-likeness (QED) is 0.735. The van der Waals surface area contributed by atoms with E-state index in [1.165, 1.54) is 4.68 Å². The summed E-state index contributed by atoms with van der Waals surface area (Å²) >= 11 is 1.14. The molecule has 0 unspecified atom stereocenters. The lowest BCUT2D eigenvalue weighted by molar-refractivity contribution is -0.117. The van der Waals surface area contributed by atoms with Crippen LogP contribution in [0.3, 0.4) is 0 Å².